The van der Waals surface area contributed by atoms with Crippen molar-refractivity contribution in [1.29, 1.82) is 0 Å². The van der Waals surface area contributed by atoms with Crippen molar-refractivity contribution in [2.75, 3.05) is 25.5 Å². The molecule has 0 radical (unpaired) electrons. The highest BCUT2D eigenvalue weighted by Gasteiger charge is 2.02. The Balaban J connectivity index is 1.95. The van der Waals surface area contributed by atoms with Gasteiger partial charge in [-0.1, -0.05) is 42.5 Å². The maximum atomic E-state index is 5.87. The average molecular weight is 256 g/mol. The van der Waals surface area contributed by atoms with E-state index in [9.17, 15) is 0 Å². The zero-order valence-electron chi connectivity index (χ0n) is 11.2. The molecule has 0 spiro atoms. The Kier molecular flexibility index (Phi) is 5.26. The Morgan fingerprint density at radius 2 is 1.63 bits per heavy atom. The van der Waals surface area contributed by atoms with Gasteiger partial charge in [-0.05, 0) is 24.7 Å². The fourth-order valence-electron chi connectivity index (χ4n) is 1.80. The third-order valence-electron chi connectivity index (χ3n) is 2.81. The monoisotopic (exact) mass is 256 g/mol. The summed E-state index contributed by atoms with van der Waals surface area (Å²) >= 11 is 0. The van der Waals surface area contributed by atoms with Crippen LogP contribution in [0.25, 0.3) is 0 Å². The first kappa shape index (κ1) is 13.4. The maximum Gasteiger partial charge on any atom is 0.142 e. The number of likely N-dealkylation sites (N-methyl/N-ethyl adjacent to an activating group) is 1. The molecule has 0 fully saturated rings. The Labute approximate surface area is 114 Å². The lowest BCUT2D eigenvalue weighted by Crippen LogP contribution is -2.18. The lowest BCUT2D eigenvalue weighted by Gasteiger charge is -2.13. The second kappa shape index (κ2) is 7.44. The zero-order chi connectivity index (χ0) is 13.3. The summed E-state index contributed by atoms with van der Waals surface area (Å²) in [6, 6.07) is 18.2. The van der Waals surface area contributed by atoms with Gasteiger partial charge >= 0.3 is 0 Å². The minimum absolute atomic E-state index is 0.589. The molecule has 0 unspecified atom stereocenters. The van der Waals surface area contributed by atoms with E-state index < -0.39 is 0 Å². The molecule has 0 heterocycles. The van der Waals surface area contributed by atoms with E-state index >= 15 is 0 Å². The fourth-order valence-corrected chi connectivity index (χ4v) is 1.80. The zero-order valence-corrected chi connectivity index (χ0v) is 11.2. The van der Waals surface area contributed by atoms with Crippen molar-refractivity contribution in [3.05, 3.63) is 60.2 Å². The Bertz CT molecular complexity index is 485. The number of anilines is 1. The first-order valence-electron chi connectivity index (χ1n) is 6.54. The first-order chi connectivity index (χ1) is 9.40. The van der Waals surface area contributed by atoms with Crippen molar-refractivity contribution in [1.82, 2.24) is 5.32 Å². The normalized spacial score (nSPS) is 10.2. The van der Waals surface area contributed by atoms with E-state index in [4.69, 9.17) is 4.74 Å². The predicted molar refractivity (Wildman–Crippen MR) is 79.6 cm³/mol. The van der Waals surface area contributed by atoms with Crippen LogP contribution in [0, 0.1) is 0 Å². The molecule has 0 aliphatic heterocycles. The molecule has 3 nitrogen and oxygen atoms in total. The molecular formula is C16H20N2O. The van der Waals surface area contributed by atoms with Crippen LogP contribution in [0.1, 0.15) is 5.56 Å². The summed E-state index contributed by atoms with van der Waals surface area (Å²) in [7, 11) is 1.94. The molecule has 0 aliphatic carbocycles. The number of benzene rings is 2. The molecule has 2 aromatic rings. The van der Waals surface area contributed by atoms with Crippen LogP contribution in [0.5, 0.6) is 5.75 Å². The number of nitrogens with one attached hydrogen (secondary N) is 2. The molecule has 0 amide bonds. The standard InChI is InChI=1S/C16H20N2O/c1-17-11-12-18-15-9-5-6-10-16(15)19-13-14-7-3-2-4-8-14/h2-10,17-18H,11-13H2,1H3. The van der Waals surface area contributed by atoms with Gasteiger partial charge in [0.15, 0.2) is 0 Å². The van der Waals surface area contributed by atoms with E-state index in [1.807, 2.05) is 49.5 Å². The predicted octanol–water partition coefficient (Wildman–Crippen LogP) is 2.90. The van der Waals surface area contributed by atoms with E-state index in [1.165, 1.54) is 5.56 Å². The molecule has 0 saturated carbocycles. The summed E-state index contributed by atoms with van der Waals surface area (Å²) < 4.78 is 5.87. The SMILES string of the molecule is CNCCNc1ccccc1OCc1ccccc1. The minimum atomic E-state index is 0.589. The molecule has 0 saturated heterocycles. The summed E-state index contributed by atoms with van der Waals surface area (Å²) in [5.74, 6) is 0.891. The van der Waals surface area contributed by atoms with E-state index in [-0.39, 0.29) is 0 Å². The van der Waals surface area contributed by atoms with Crippen molar-refractivity contribution in [2.24, 2.45) is 0 Å². The number of rotatable bonds is 7. The van der Waals surface area contributed by atoms with E-state index in [1.54, 1.807) is 0 Å². The topological polar surface area (TPSA) is 33.3 Å². The van der Waals surface area contributed by atoms with Crippen molar-refractivity contribution >= 4 is 5.69 Å². The van der Waals surface area contributed by atoms with Crippen LogP contribution in [-0.4, -0.2) is 20.1 Å². The van der Waals surface area contributed by atoms with Gasteiger partial charge in [-0.3, -0.25) is 0 Å². The largest absolute Gasteiger partial charge is 0.487 e. The molecular weight excluding hydrogens is 236 g/mol. The van der Waals surface area contributed by atoms with Gasteiger partial charge in [0.05, 0.1) is 5.69 Å². The minimum Gasteiger partial charge on any atom is -0.487 e. The molecule has 3 heteroatoms. The maximum absolute atomic E-state index is 5.87. The number of para-hydroxylation sites is 2. The van der Waals surface area contributed by atoms with Crippen molar-refractivity contribution in [3.8, 4) is 5.75 Å². The molecule has 0 bridgehead atoms. The van der Waals surface area contributed by atoms with E-state index in [2.05, 4.69) is 22.8 Å². The van der Waals surface area contributed by atoms with Crippen LogP contribution in [0.3, 0.4) is 0 Å². The summed E-state index contributed by atoms with van der Waals surface area (Å²) in [6.07, 6.45) is 0. The molecule has 0 aromatic heterocycles. The van der Waals surface area contributed by atoms with Crippen molar-refractivity contribution < 1.29 is 4.74 Å². The summed E-state index contributed by atoms with van der Waals surface area (Å²) in [5.41, 5.74) is 2.21. The van der Waals surface area contributed by atoms with E-state index in [0.717, 1.165) is 24.5 Å². The van der Waals surface area contributed by atoms with Gasteiger partial charge in [-0.15, -0.1) is 0 Å². The van der Waals surface area contributed by atoms with Crippen LogP contribution in [-0.2, 0) is 6.61 Å². The molecule has 19 heavy (non-hydrogen) atoms. The first-order valence-corrected chi connectivity index (χ1v) is 6.54. The summed E-state index contributed by atoms with van der Waals surface area (Å²) in [5, 5.41) is 6.47. The number of ether oxygens (including phenoxy) is 1. The van der Waals surface area contributed by atoms with Gasteiger partial charge in [-0.2, -0.15) is 0 Å². The van der Waals surface area contributed by atoms with Gasteiger partial charge < -0.3 is 15.4 Å². The van der Waals surface area contributed by atoms with E-state index in [0.29, 0.717) is 6.61 Å². The highest BCUT2D eigenvalue weighted by Crippen LogP contribution is 2.24. The third kappa shape index (κ3) is 4.30. The molecule has 100 valence electrons. The molecule has 0 atom stereocenters. The number of hydrogen-bond acceptors (Lipinski definition) is 3. The van der Waals surface area contributed by atoms with Gasteiger partial charge in [0, 0.05) is 13.1 Å². The van der Waals surface area contributed by atoms with Crippen molar-refractivity contribution in [3.63, 3.8) is 0 Å². The highest BCUT2D eigenvalue weighted by molar-refractivity contribution is 5.56. The third-order valence-corrected chi connectivity index (χ3v) is 2.81. The second-order valence-corrected chi connectivity index (χ2v) is 4.30. The van der Waals surface area contributed by atoms with Gasteiger partial charge in [-0.25, -0.2) is 0 Å². The van der Waals surface area contributed by atoms with Crippen LogP contribution in [0.15, 0.2) is 54.6 Å². The second-order valence-electron chi connectivity index (χ2n) is 4.30. The Morgan fingerprint density at radius 3 is 2.42 bits per heavy atom. The van der Waals surface area contributed by atoms with Crippen LogP contribution in [0.2, 0.25) is 0 Å². The van der Waals surface area contributed by atoms with Crippen LogP contribution in [0.4, 0.5) is 5.69 Å². The smallest absolute Gasteiger partial charge is 0.142 e. The van der Waals surface area contributed by atoms with Crippen molar-refractivity contribution in [2.45, 2.75) is 6.61 Å². The molecule has 2 N–H and O–H groups in total. The van der Waals surface area contributed by atoms with Gasteiger partial charge in [0.2, 0.25) is 0 Å². The molecule has 2 rings (SSSR count). The molecule has 0 aliphatic rings. The van der Waals surface area contributed by atoms with Crippen LogP contribution < -0.4 is 15.4 Å². The van der Waals surface area contributed by atoms with Gasteiger partial charge in [0.1, 0.15) is 12.4 Å². The summed E-state index contributed by atoms with van der Waals surface area (Å²) in [6.45, 7) is 2.39. The highest BCUT2D eigenvalue weighted by atomic mass is 16.5. The average Bonchev–Trinajstić information content (AvgIpc) is 2.48. The Hall–Kier alpha value is -2.00. The quantitative estimate of drug-likeness (QED) is 0.747. The molecule has 2 aromatic carbocycles. The summed E-state index contributed by atoms with van der Waals surface area (Å²) in [4.78, 5) is 0. The number of hydrogen-bond donors (Lipinski definition) is 2. The fraction of sp³-hybridized carbons (Fsp3) is 0.250. The van der Waals surface area contributed by atoms with Crippen LogP contribution >= 0.6 is 0 Å². The van der Waals surface area contributed by atoms with Gasteiger partial charge in [0.25, 0.3) is 0 Å². The Morgan fingerprint density at radius 1 is 0.895 bits per heavy atom. The lowest BCUT2D eigenvalue weighted by molar-refractivity contribution is 0.307. The lowest BCUT2D eigenvalue weighted by atomic mass is 10.2.